The average molecular weight is 274 g/mol. The molecule has 1 atom stereocenters. The number of nitrogens with two attached hydrogens (primary N) is 1. The quantitative estimate of drug-likeness (QED) is 0.852. The van der Waals surface area contributed by atoms with Gasteiger partial charge in [0.2, 0.25) is 5.91 Å². The fourth-order valence-corrected chi connectivity index (χ4v) is 2.22. The summed E-state index contributed by atoms with van der Waals surface area (Å²) in [6.07, 6.45) is 0.0959. The first-order chi connectivity index (χ1) is 9.56. The van der Waals surface area contributed by atoms with Crippen molar-refractivity contribution >= 4 is 12.0 Å². The van der Waals surface area contributed by atoms with Gasteiger partial charge in [-0.1, -0.05) is 42.5 Å². The molecule has 5 nitrogen and oxygen atoms in total. The summed E-state index contributed by atoms with van der Waals surface area (Å²) in [6.45, 7) is 4.76. The molecule has 2 amide bonds. The Morgan fingerprint density at radius 1 is 1.35 bits per heavy atom. The molecule has 1 unspecified atom stereocenters. The number of likely N-dealkylation sites (tertiary alicyclic amines) is 1. The molecule has 5 heteroatoms. The molecule has 1 aromatic carbocycles. The van der Waals surface area contributed by atoms with E-state index in [9.17, 15) is 9.59 Å². The number of nitrogens with zero attached hydrogens (tertiary/aromatic N) is 1. The Morgan fingerprint density at radius 2 is 2.05 bits per heavy atom. The van der Waals surface area contributed by atoms with E-state index in [0.717, 1.165) is 11.1 Å². The molecular weight excluding hydrogens is 256 g/mol. The topological polar surface area (TPSA) is 72.6 Å². The van der Waals surface area contributed by atoms with Crippen molar-refractivity contribution in [1.29, 1.82) is 0 Å². The van der Waals surface area contributed by atoms with E-state index >= 15 is 0 Å². The molecule has 1 aliphatic rings. The second-order valence-corrected chi connectivity index (χ2v) is 4.97. The van der Waals surface area contributed by atoms with Crippen LogP contribution in [0.15, 0.2) is 42.5 Å². The number of piperidine rings is 1. The highest BCUT2D eigenvalue weighted by molar-refractivity contribution is 5.78. The molecule has 106 valence electrons. The first-order valence-corrected chi connectivity index (χ1v) is 6.48. The Kier molecular flexibility index (Phi) is 4.40. The van der Waals surface area contributed by atoms with Crippen molar-refractivity contribution in [3.05, 3.63) is 48.0 Å². The van der Waals surface area contributed by atoms with Gasteiger partial charge in [0.1, 0.15) is 6.61 Å². The summed E-state index contributed by atoms with van der Waals surface area (Å²) >= 11 is 0. The van der Waals surface area contributed by atoms with Crippen LogP contribution >= 0.6 is 0 Å². The number of ether oxygens (including phenoxy) is 1. The summed E-state index contributed by atoms with van der Waals surface area (Å²) < 4.78 is 5.24. The third kappa shape index (κ3) is 3.60. The maximum Gasteiger partial charge on any atom is 0.410 e. The van der Waals surface area contributed by atoms with E-state index in [1.165, 1.54) is 4.90 Å². The molecule has 0 aliphatic carbocycles. The first-order valence-electron chi connectivity index (χ1n) is 6.48. The molecule has 1 aliphatic heterocycles. The SMILES string of the molecule is C=C1CC(C(N)=O)CN(C(=O)OCc2ccccc2)C1. The van der Waals surface area contributed by atoms with Crippen LogP contribution in [0, 0.1) is 5.92 Å². The minimum absolute atomic E-state index is 0.212. The summed E-state index contributed by atoms with van der Waals surface area (Å²) in [5.41, 5.74) is 7.03. The first kappa shape index (κ1) is 14.1. The largest absolute Gasteiger partial charge is 0.445 e. The number of carbonyl (C=O) groups is 2. The lowest BCUT2D eigenvalue weighted by molar-refractivity contribution is -0.122. The normalized spacial score (nSPS) is 18.7. The second-order valence-electron chi connectivity index (χ2n) is 4.97. The molecule has 20 heavy (non-hydrogen) atoms. The predicted octanol–water partition coefficient (Wildman–Crippen LogP) is 1.69. The smallest absolute Gasteiger partial charge is 0.410 e. The fourth-order valence-electron chi connectivity index (χ4n) is 2.22. The summed E-state index contributed by atoms with van der Waals surface area (Å²) in [5.74, 6) is -0.785. The third-order valence-corrected chi connectivity index (χ3v) is 3.26. The van der Waals surface area contributed by atoms with E-state index in [0.29, 0.717) is 19.5 Å². The molecule has 1 heterocycles. The minimum atomic E-state index is -0.444. The van der Waals surface area contributed by atoms with Crippen LogP contribution in [0.4, 0.5) is 4.79 Å². The van der Waals surface area contributed by atoms with Crippen molar-refractivity contribution in [2.45, 2.75) is 13.0 Å². The van der Waals surface area contributed by atoms with Crippen LogP contribution < -0.4 is 5.73 Å². The van der Waals surface area contributed by atoms with Gasteiger partial charge in [0.25, 0.3) is 0 Å². The van der Waals surface area contributed by atoms with E-state index in [1.807, 2.05) is 30.3 Å². The van der Waals surface area contributed by atoms with Crippen LogP contribution in [-0.2, 0) is 16.1 Å². The number of rotatable bonds is 3. The van der Waals surface area contributed by atoms with Crippen LogP contribution in [0.5, 0.6) is 0 Å². The number of carbonyl (C=O) groups excluding carboxylic acids is 2. The van der Waals surface area contributed by atoms with Gasteiger partial charge in [0, 0.05) is 13.1 Å². The van der Waals surface area contributed by atoms with Crippen molar-refractivity contribution in [1.82, 2.24) is 4.90 Å². The molecular formula is C15H18N2O3. The Morgan fingerprint density at radius 3 is 2.70 bits per heavy atom. The zero-order chi connectivity index (χ0) is 14.5. The van der Waals surface area contributed by atoms with Gasteiger partial charge in [0.05, 0.1) is 5.92 Å². The van der Waals surface area contributed by atoms with E-state index in [1.54, 1.807) is 0 Å². The molecule has 1 saturated heterocycles. The average Bonchev–Trinajstić information content (AvgIpc) is 2.45. The highest BCUT2D eigenvalue weighted by Crippen LogP contribution is 2.20. The van der Waals surface area contributed by atoms with E-state index in [-0.39, 0.29) is 12.5 Å². The molecule has 0 spiro atoms. The van der Waals surface area contributed by atoms with E-state index in [4.69, 9.17) is 10.5 Å². The Labute approximate surface area is 118 Å². The van der Waals surface area contributed by atoms with Crippen LogP contribution in [0.3, 0.4) is 0 Å². The Hall–Kier alpha value is -2.30. The molecule has 1 aromatic rings. The lowest BCUT2D eigenvalue weighted by Gasteiger charge is -2.31. The molecule has 0 saturated carbocycles. The van der Waals surface area contributed by atoms with Crippen LogP contribution in [0.1, 0.15) is 12.0 Å². The van der Waals surface area contributed by atoms with Crippen molar-refractivity contribution < 1.29 is 14.3 Å². The van der Waals surface area contributed by atoms with Gasteiger partial charge in [-0.3, -0.25) is 4.79 Å². The van der Waals surface area contributed by atoms with Gasteiger partial charge in [0.15, 0.2) is 0 Å². The standard InChI is InChI=1S/C15H18N2O3/c1-11-7-13(14(16)18)9-17(8-11)15(19)20-10-12-5-3-2-4-6-12/h2-6,13H,1,7-10H2,(H2,16,18). The summed E-state index contributed by atoms with van der Waals surface area (Å²) in [4.78, 5) is 24.7. The molecule has 1 fully saturated rings. The van der Waals surface area contributed by atoms with Gasteiger partial charge in [-0.25, -0.2) is 4.79 Å². The monoisotopic (exact) mass is 274 g/mol. The minimum Gasteiger partial charge on any atom is -0.445 e. The van der Waals surface area contributed by atoms with Crippen molar-refractivity contribution in [3.63, 3.8) is 0 Å². The van der Waals surface area contributed by atoms with E-state index in [2.05, 4.69) is 6.58 Å². The molecule has 0 radical (unpaired) electrons. The van der Waals surface area contributed by atoms with Gasteiger partial charge in [-0.15, -0.1) is 0 Å². The summed E-state index contributed by atoms with van der Waals surface area (Å²) in [5, 5.41) is 0. The van der Waals surface area contributed by atoms with Crippen molar-refractivity contribution in [2.75, 3.05) is 13.1 Å². The number of primary amides is 1. The molecule has 2 N–H and O–H groups in total. The molecule has 2 rings (SSSR count). The lowest BCUT2D eigenvalue weighted by Crippen LogP contribution is -2.45. The Balaban J connectivity index is 1.91. The lowest BCUT2D eigenvalue weighted by atomic mass is 9.94. The Bertz CT molecular complexity index is 513. The van der Waals surface area contributed by atoms with Crippen molar-refractivity contribution in [3.8, 4) is 0 Å². The maximum atomic E-state index is 12.0. The van der Waals surface area contributed by atoms with Crippen LogP contribution in [0.25, 0.3) is 0 Å². The predicted molar refractivity (Wildman–Crippen MR) is 74.6 cm³/mol. The van der Waals surface area contributed by atoms with Crippen LogP contribution in [0.2, 0.25) is 0 Å². The van der Waals surface area contributed by atoms with Gasteiger partial charge in [-0.2, -0.15) is 0 Å². The number of hydrogen-bond acceptors (Lipinski definition) is 3. The zero-order valence-electron chi connectivity index (χ0n) is 11.2. The third-order valence-electron chi connectivity index (χ3n) is 3.26. The second kappa shape index (κ2) is 6.23. The van der Waals surface area contributed by atoms with Gasteiger partial charge in [-0.05, 0) is 12.0 Å². The maximum absolute atomic E-state index is 12.0. The zero-order valence-corrected chi connectivity index (χ0v) is 11.2. The number of amides is 2. The number of hydrogen-bond donors (Lipinski definition) is 1. The van der Waals surface area contributed by atoms with Crippen molar-refractivity contribution in [2.24, 2.45) is 11.7 Å². The highest BCUT2D eigenvalue weighted by Gasteiger charge is 2.29. The van der Waals surface area contributed by atoms with Crippen LogP contribution in [-0.4, -0.2) is 30.0 Å². The van der Waals surface area contributed by atoms with E-state index < -0.39 is 12.0 Å². The summed E-state index contributed by atoms with van der Waals surface area (Å²) in [7, 11) is 0. The van der Waals surface area contributed by atoms with Gasteiger partial charge >= 0.3 is 6.09 Å². The fraction of sp³-hybridized carbons (Fsp3) is 0.333. The molecule has 0 bridgehead atoms. The van der Waals surface area contributed by atoms with Gasteiger partial charge < -0.3 is 15.4 Å². The molecule has 0 aromatic heterocycles. The highest BCUT2D eigenvalue weighted by atomic mass is 16.6. The summed E-state index contributed by atoms with van der Waals surface area (Å²) in [6, 6.07) is 9.44. The number of benzene rings is 1.